The Labute approximate surface area is 127 Å². The zero-order valence-electron chi connectivity index (χ0n) is 13.2. The van der Waals surface area contributed by atoms with Gasteiger partial charge >= 0.3 is 6.09 Å². The highest BCUT2D eigenvalue weighted by Gasteiger charge is 2.25. The Morgan fingerprint density at radius 2 is 1.95 bits per heavy atom. The normalized spacial score (nSPS) is 12.0. The molecule has 1 aromatic carbocycles. The molecule has 0 aliphatic rings. The molecular formula is C16H19F2NO3. The molecule has 2 rings (SSSR count). The van der Waals surface area contributed by atoms with Crippen molar-refractivity contribution in [2.45, 2.75) is 39.7 Å². The van der Waals surface area contributed by atoms with Crippen LogP contribution in [0.3, 0.4) is 0 Å². The van der Waals surface area contributed by atoms with E-state index >= 15 is 0 Å². The first-order valence-electron chi connectivity index (χ1n) is 6.85. The predicted molar refractivity (Wildman–Crippen MR) is 79.8 cm³/mol. The van der Waals surface area contributed by atoms with Gasteiger partial charge in [-0.1, -0.05) is 0 Å². The third-order valence-electron chi connectivity index (χ3n) is 3.19. The van der Waals surface area contributed by atoms with Crippen LogP contribution in [0, 0.1) is 6.92 Å². The van der Waals surface area contributed by atoms with E-state index in [4.69, 9.17) is 9.47 Å². The van der Waals surface area contributed by atoms with E-state index in [0.29, 0.717) is 11.1 Å². The maximum absolute atomic E-state index is 13.4. The minimum absolute atomic E-state index is 0.113. The molecule has 0 atom stereocenters. The van der Waals surface area contributed by atoms with Crippen LogP contribution in [0.2, 0.25) is 0 Å². The highest BCUT2D eigenvalue weighted by molar-refractivity contribution is 5.95. The van der Waals surface area contributed by atoms with Gasteiger partial charge in [-0.15, -0.1) is 0 Å². The van der Waals surface area contributed by atoms with E-state index in [9.17, 15) is 13.6 Å². The van der Waals surface area contributed by atoms with Gasteiger partial charge in [0.1, 0.15) is 11.4 Å². The van der Waals surface area contributed by atoms with Crippen LogP contribution < -0.4 is 4.74 Å². The molecule has 4 nitrogen and oxygen atoms in total. The zero-order valence-corrected chi connectivity index (χ0v) is 13.2. The number of hydrogen-bond acceptors (Lipinski definition) is 3. The Bertz CT molecular complexity index is 714. The van der Waals surface area contributed by atoms with Crippen molar-refractivity contribution in [2.75, 3.05) is 7.11 Å². The molecular weight excluding hydrogens is 292 g/mol. The predicted octanol–water partition coefficient (Wildman–Crippen LogP) is 4.68. The van der Waals surface area contributed by atoms with Crippen LogP contribution in [0.1, 0.15) is 38.3 Å². The van der Waals surface area contributed by atoms with Crippen molar-refractivity contribution in [1.82, 2.24) is 4.57 Å². The minimum atomic E-state index is -2.70. The van der Waals surface area contributed by atoms with E-state index in [2.05, 4.69) is 0 Å². The van der Waals surface area contributed by atoms with Gasteiger partial charge in [0.15, 0.2) is 0 Å². The fraction of sp³-hybridized carbons (Fsp3) is 0.438. The number of alkyl halides is 2. The third kappa shape index (κ3) is 2.91. The van der Waals surface area contributed by atoms with Crippen molar-refractivity contribution in [1.29, 1.82) is 0 Å². The average molecular weight is 311 g/mol. The van der Waals surface area contributed by atoms with Crippen LogP contribution in [0.5, 0.6) is 5.75 Å². The molecule has 1 aromatic heterocycles. The van der Waals surface area contributed by atoms with E-state index in [1.165, 1.54) is 30.0 Å². The van der Waals surface area contributed by atoms with Gasteiger partial charge in [-0.2, -0.15) is 0 Å². The first-order valence-corrected chi connectivity index (χ1v) is 6.85. The number of carbonyl (C=O) groups is 1. The highest BCUT2D eigenvalue weighted by Crippen LogP contribution is 2.38. The van der Waals surface area contributed by atoms with Gasteiger partial charge in [-0.3, -0.25) is 4.57 Å². The molecule has 0 aliphatic carbocycles. The Balaban J connectivity index is 2.66. The van der Waals surface area contributed by atoms with Crippen molar-refractivity contribution in [3.63, 3.8) is 0 Å². The summed E-state index contributed by atoms with van der Waals surface area (Å²) in [4.78, 5) is 12.2. The Morgan fingerprint density at radius 1 is 1.32 bits per heavy atom. The van der Waals surface area contributed by atoms with Crippen molar-refractivity contribution in [3.8, 4) is 5.75 Å². The summed E-state index contributed by atoms with van der Waals surface area (Å²) >= 11 is 0. The highest BCUT2D eigenvalue weighted by atomic mass is 19.3. The summed E-state index contributed by atoms with van der Waals surface area (Å²) in [7, 11) is 1.34. The van der Waals surface area contributed by atoms with Crippen molar-refractivity contribution < 1.29 is 23.0 Å². The molecule has 0 fully saturated rings. The molecule has 0 radical (unpaired) electrons. The lowest BCUT2D eigenvalue weighted by atomic mass is 10.1. The van der Waals surface area contributed by atoms with Crippen molar-refractivity contribution in [2.24, 2.45) is 0 Å². The van der Waals surface area contributed by atoms with Crippen molar-refractivity contribution >= 4 is 17.0 Å². The Hall–Kier alpha value is -2.11. The van der Waals surface area contributed by atoms with Crippen LogP contribution >= 0.6 is 0 Å². The fourth-order valence-corrected chi connectivity index (χ4v) is 2.38. The largest absolute Gasteiger partial charge is 0.496 e. The monoisotopic (exact) mass is 311 g/mol. The van der Waals surface area contributed by atoms with Gasteiger partial charge in [0, 0.05) is 11.6 Å². The number of halogens is 2. The summed E-state index contributed by atoms with van der Waals surface area (Å²) in [6.07, 6.45) is -1.86. The maximum Gasteiger partial charge on any atom is 0.419 e. The number of aryl methyl sites for hydroxylation is 1. The van der Waals surface area contributed by atoms with E-state index in [1.807, 2.05) is 0 Å². The molecule has 0 N–H and O–H groups in total. The SMILES string of the molecule is COc1cc(C)c2c(ccn2C(=O)OC(C)(C)C)c1C(F)F. The molecule has 0 spiro atoms. The second kappa shape index (κ2) is 5.59. The Kier molecular flexibility index (Phi) is 4.13. The quantitative estimate of drug-likeness (QED) is 0.808. The second-order valence-corrected chi connectivity index (χ2v) is 6.04. The molecule has 6 heteroatoms. The molecule has 0 bridgehead atoms. The smallest absolute Gasteiger partial charge is 0.419 e. The lowest BCUT2D eigenvalue weighted by Gasteiger charge is -2.20. The second-order valence-electron chi connectivity index (χ2n) is 6.04. The topological polar surface area (TPSA) is 40.5 Å². The summed E-state index contributed by atoms with van der Waals surface area (Å²) in [5, 5.41) is 0.290. The fourth-order valence-electron chi connectivity index (χ4n) is 2.38. The number of hydrogen-bond donors (Lipinski definition) is 0. The number of nitrogens with zero attached hydrogens (tertiary/aromatic N) is 1. The maximum atomic E-state index is 13.4. The molecule has 120 valence electrons. The molecule has 0 unspecified atom stereocenters. The number of rotatable bonds is 2. The van der Waals surface area contributed by atoms with E-state index in [0.717, 1.165) is 0 Å². The van der Waals surface area contributed by atoms with Gasteiger partial charge in [0.25, 0.3) is 6.43 Å². The summed E-state index contributed by atoms with van der Waals surface area (Å²) in [6, 6.07) is 2.99. The third-order valence-corrected chi connectivity index (χ3v) is 3.19. The molecule has 0 saturated carbocycles. The van der Waals surface area contributed by atoms with Crippen molar-refractivity contribution in [3.05, 3.63) is 29.5 Å². The van der Waals surface area contributed by atoms with Gasteiger partial charge in [-0.25, -0.2) is 13.6 Å². The molecule has 0 aliphatic heterocycles. The zero-order chi connectivity index (χ0) is 16.7. The van der Waals surface area contributed by atoms with Crippen LogP contribution in [0.15, 0.2) is 18.3 Å². The van der Waals surface area contributed by atoms with Gasteiger partial charge in [0.2, 0.25) is 0 Å². The van der Waals surface area contributed by atoms with Crippen LogP contribution in [0.4, 0.5) is 13.6 Å². The first-order chi connectivity index (χ1) is 10.2. The lowest BCUT2D eigenvalue weighted by Crippen LogP contribution is -2.26. The molecule has 2 aromatic rings. The lowest BCUT2D eigenvalue weighted by molar-refractivity contribution is 0.0544. The summed E-state index contributed by atoms with van der Waals surface area (Å²) in [5.41, 5.74) is 0.183. The van der Waals surface area contributed by atoms with Crippen LogP contribution in [0.25, 0.3) is 10.9 Å². The molecule has 1 heterocycles. The molecule has 0 saturated heterocycles. The summed E-state index contributed by atoms with van der Waals surface area (Å²) < 4.78 is 38.3. The first kappa shape index (κ1) is 16.3. The van der Waals surface area contributed by atoms with Gasteiger partial charge < -0.3 is 9.47 Å². The van der Waals surface area contributed by atoms with E-state index in [-0.39, 0.29) is 16.7 Å². The van der Waals surface area contributed by atoms with Gasteiger partial charge in [0.05, 0.1) is 18.2 Å². The number of fused-ring (bicyclic) bond motifs is 1. The van der Waals surface area contributed by atoms with Crippen LogP contribution in [-0.4, -0.2) is 23.4 Å². The molecule has 22 heavy (non-hydrogen) atoms. The number of carbonyl (C=O) groups excluding carboxylic acids is 1. The van der Waals surface area contributed by atoms with E-state index < -0.39 is 18.1 Å². The minimum Gasteiger partial charge on any atom is -0.496 e. The number of methoxy groups -OCH3 is 1. The van der Waals surface area contributed by atoms with E-state index in [1.54, 1.807) is 27.7 Å². The number of aromatic nitrogens is 1. The summed E-state index contributed by atoms with van der Waals surface area (Å²) in [5.74, 6) is 0.113. The standard InChI is InChI=1S/C16H19F2NO3/c1-9-8-11(21-5)12(14(17)18)10-6-7-19(13(9)10)15(20)22-16(2,3)4/h6-8,14H,1-5H3. The number of ether oxygens (including phenoxy) is 2. The number of benzene rings is 1. The average Bonchev–Trinajstić information content (AvgIpc) is 2.80. The van der Waals surface area contributed by atoms with Gasteiger partial charge in [-0.05, 0) is 45.4 Å². The Morgan fingerprint density at radius 3 is 2.45 bits per heavy atom. The summed E-state index contributed by atoms with van der Waals surface area (Å²) in [6.45, 7) is 6.98. The molecule has 0 amide bonds. The van der Waals surface area contributed by atoms with Crippen LogP contribution in [-0.2, 0) is 4.74 Å².